The predicted octanol–water partition coefficient (Wildman–Crippen LogP) is 2.11. The summed E-state index contributed by atoms with van der Waals surface area (Å²) in [5.41, 5.74) is 0. The molecule has 0 saturated carbocycles. The molecule has 0 aliphatic rings. The first-order valence-corrected chi connectivity index (χ1v) is 3.03. The molecule has 3 heteroatoms. The second kappa shape index (κ2) is 4.09. The Balaban J connectivity index is 0.000000490. The summed E-state index contributed by atoms with van der Waals surface area (Å²) in [5, 5.41) is 0. The lowest BCUT2D eigenvalue weighted by atomic mass is 10.5. The van der Waals surface area contributed by atoms with E-state index in [0.717, 1.165) is 0 Å². The Hall–Kier alpha value is 0.170. The highest BCUT2D eigenvalue weighted by atomic mass is 127. The minimum Gasteiger partial charge on any atom is -0.264 e. The molecule has 1 aromatic rings. The van der Waals surface area contributed by atoms with Crippen molar-refractivity contribution in [2.75, 3.05) is 0 Å². The third-order valence-corrected chi connectivity index (χ3v) is 1.26. The Kier molecular flexibility index (Phi) is 4.18. The van der Waals surface area contributed by atoms with Crippen LogP contribution in [0.4, 0.5) is 0 Å². The summed E-state index contributed by atoms with van der Waals surface area (Å²) in [4.78, 5) is 3.88. The topological polar surface area (TPSA) is 12.9 Å². The number of rotatable bonds is 0. The predicted molar refractivity (Wildman–Crippen MR) is 44.2 cm³/mol. The van der Waals surface area contributed by atoms with Gasteiger partial charge in [-0.3, -0.25) is 4.98 Å². The highest BCUT2D eigenvalue weighted by Gasteiger charge is 1.75. The van der Waals surface area contributed by atoms with E-state index in [4.69, 9.17) is 0 Å². The van der Waals surface area contributed by atoms with Crippen LogP contribution < -0.4 is 0 Å². The normalized spacial score (nSPS) is 7.62. The minimum atomic E-state index is 0. The van der Waals surface area contributed by atoms with Crippen molar-refractivity contribution in [1.29, 1.82) is 0 Å². The van der Waals surface area contributed by atoms with Gasteiger partial charge in [0.1, 0.15) is 0 Å². The third-order valence-electron chi connectivity index (χ3n) is 0.625. The minimum absolute atomic E-state index is 0. The van der Waals surface area contributed by atoms with Crippen molar-refractivity contribution in [3.63, 3.8) is 0 Å². The van der Waals surface area contributed by atoms with Crippen LogP contribution in [0.5, 0.6) is 0 Å². The van der Waals surface area contributed by atoms with E-state index < -0.39 is 0 Å². The molecular weight excluding hydrogens is 236 g/mol. The number of pyridine rings is 1. The number of aromatic nitrogens is 1. The van der Waals surface area contributed by atoms with Gasteiger partial charge in [-0.2, -0.15) is 0 Å². The molecule has 1 rings (SSSR count). The number of hydrogen-bond acceptors (Lipinski definition) is 1. The standard InChI is InChI=1S/C5H4IN.ClH/c6-5-2-1-3-7-4-5;/h1-4H;1H. The fraction of sp³-hybridized carbons (Fsp3) is 0. The van der Waals surface area contributed by atoms with Crippen molar-refractivity contribution in [1.82, 2.24) is 4.98 Å². The maximum atomic E-state index is 3.88. The van der Waals surface area contributed by atoms with E-state index in [1.165, 1.54) is 3.57 Å². The first-order valence-electron chi connectivity index (χ1n) is 1.95. The van der Waals surface area contributed by atoms with Gasteiger partial charge < -0.3 is 0 Å². The molecule has 0 fully saturated rings. The smallest absolute Gasteiger partial charge is 0.0401 e. The van der Waals surface area contributed by atoms with Gasteiger partial charge in [-0.15, -0.1) is 12.4 Å². The summed E-state index contributed by atoms with van der Waals surface area (Å²) < 4.78 is 1.18. The van der Waals surface area contributed by atoms with E-state index in [1.54, 1.807) is 6.20 Å². The number of hydrogen-bond donors (Lipinski definition) is 0. The fourth-order valence-electron chi connectivity index (χ4n) is 0.342. The molecule has 0 amide bonds. The second-order valence-corrected chi connectivity index (χ2v) is 2.42. The third kappa shape index (κ3) is 2.47. The van der Waals surface area contributed by atoms with E-state index in [9.17, 15) is 0 Å². The van der Waals surface area contributed by atoms with Crippen molar-refractivity contribution >= 4 is 35.0 Å². The van der Waals surface area contributed by atoms with Gasteiger partial charge in [0.05, 0.1) is 0 Å². The summed E-state index contributed by atoms with van der Waals surface area (Å²) in [7, 11) is 0. The molecule has 8 heavy (non-hydrogen) atoms. The molecule has 1 aromatic heterocycles. The zero-order valence-corrected chi connectivity index (χ0v) is 7.02. The molecular formula is C5H5ClIN. The lowest BCUT2D eigenvalue weighted by Crippen LogP contribution is -1.68. The number of nitrogens with zero attached hydrogens (tertiary/aromatic N) is 1. The quantitative estimate of drug-likeness (QED) is 0.634. The van der Waals surface area contributed by atoms with Gasteiger partial charge in [0, 0.05) is 16.0 Å². The molecule has 0 spiro atoms. The van der Waals surface area contributed by atoms with Gasteiger partial charge in [-0.1, -0.05) is 0 Å². The number of halogens is 2. The molecule has 0 aliphatic heterocycles. The van der Waals surface area contributed by atoms with Crippen LogP contribution in [0.3, 0.4) is 0 Å². The molecule has 0 atom stereocenters. The van der Waals surface area contributed by atoms with Crippen molar-refractivity contribution in [2.45, 2.75) is 0 Å². The molecule has 0 N–H and O–H groups in total. The van der Waals surface area contributed by atoms with Gasteiger partial charge in [-0.05, 0) is 34.7 Å². The monoisotopic (exact) mass is 241 g/mol. The lowest BCUT2D eigenvalue weighted by molar-refractivity contribution is 1.31. The van der Waals surface area contributed by atoms with Gasteiger partial charge in [0.2, 0.25) is 0 Å². The van der Waals surface area contributed by atoms with Crippen LogP contribution in [0.25, 0.3) is 0 Å². The van der Waals surface area contributed by atoms with Gasteiger partial charge in [0.25, 0.3) is 0 Å². The van der Waals surface area contributed by atoms with Crippen LogP contribution in [0.2, 0.25) is 0 Å². The fourth-order valence-corrected chi connectivity index (χ4v) is 0.710. The summed E-state index contributed by atoms with van der Waals surface area (Å²) in [5.74, 6) is 0. The Bertz CT molecular complexity index is 142. The SMILES string of the molecule is Cl.Ic1cccnc1. The zero-order chi connectivity index (χ0) is 5.11. The maximum Gasteiger partial charge on any atom is 0.0401 e. The summed E-state index contributed by atoms with van der Waals surface area (Å²) in [6.45, 7) is 0. The molecule has 44 valence electrons. The first-order chi connectivity index (χ1) is 3.39. The van der Waals surface area contributed by atoms with Gasteiger partial charge in [0.15, 0.2) is 0 Å². The molecule has 1 heterocycles. The highest BCUT2D eigenvalue weighted by Crippen LogP contribution is 1.97. The Morgan fingerprint density at radius 1 is 1.50 bits per heavy atom. The summed E-state index contributed by atoms with van der Waals surface area (Å²) >= 11 is 2.22. The van der Waals surface area contributed by atoms with Crippen LogP contribution in [0.15, 0.2) is 24.5 Å². The second-order valence-electron chi connectivity index (χ2n) is 1.17. The maximum absolute atomic E-state index is 3.88. The average molecular weight is 241 g/mol. The van der Waals surface area contributed by atoms with E-state index in [2.05, 4.69) is 27.6 Å². The molecule has 0 aromatic carbocycles. The van der Waals surface area contributed by atoms with Crippen LogP contribution in [0.1, 0.15) is 0 Å². The van der Waals surface area contributed by atoms with Crippen LogP contribution >= 0.6 is 35.0 Å². The van der Waals surface area contributed by atoms with Crippen molar-refractivity contribution in [2.24, 2.45) is 0 Å². The largest absolute Gasteiger partial charge is 0.264 e. The van der Waals surface area contributed by atoms with E-state index >= 15 is 0 Å². The van der Waals surface area contributed by atoms with Crippen LogP contribution in [0, 0.1) is 3.57 Å². The Morgan fingerprint density at radius 3 is 2.50 bits per heavy atom. The zero-order valence-electron chi connectivity index (χ0n) is 4.04. The lowest BCUT2D eigenvalue weighted by Gasteiger charge is -1.80. The van der Waals surface area contributed by atoms with E-state index in [-0.39, 0.29) is 12.4 Å². The van der Waals surface area contributed by atoms with Gasteiger partial charge >= 0.3 is 0 Å². The van der Waals surface area contributed by atoms with Gasteiger partial charge in [-0.25, -0.2) is 0 Å². The Morgan fingerprint density at radius 2 is 2.25 bits per heavy atom. The Labute approximate surface area is 68.1 Å². The average Bonchev–Trinajstić information content (AvgIpc) is 1.69. The van der Waals surface area contributed by atoms with Crippen molar-refractivity contribution < 1.29 is 0 Å². The van der Waals surface area contributed by atoms with E-state index in [1.807, 2.05) is 18.3 Å². The molecule has 0 saturated heterocycles. The summed E-state index contributed by atoms with van der Waals surface area (Å²) in [6.07, 6.45) is 3.59. The molecule has 0 aliphatic carbocycles. The van der Waals surface area contributed by atoms with Crippen LogP contribution in [-0.4, -0.2) is 4.98 Å². The van der Waals surface area contributed by atoms with Crippen LogP contribution in [-0.2, 0) is 0 Å². The first kappa shape index (κ1) is 8.17. The summed E-state index contributed by atoms with van der Waals surface area (Å²) in [6, 6.07) is 3.93. The highest BCUT2D eigenvalue weighted by molar-refractivity contribution is 14.1. The van der Waals surface area contributed by atoms with Crippen molar-refractivity contribution in [3.05, 3.63) is 28.1 Å². The molecule has 1 nitrogen and oxygen atoms in total. The van der Waals surface area contributed by atoms with E-state index in [0.29, 0.717) is 0 Å². The molecule has 0 unspecified atom stereocenters. The molecule has 0 radical (unpaired) electrons. The van der Waals surface area contributed by atoms with Crippen molar-refractivity contribution in [3.8, 4) is 0 Å². The molecule has 0 bridgehead atoms.